The van der Waals surface area contributed by atoms with Crippen LogP contribution in [0.4, 0.5) is 17.6 Å². The van der Waals surface area contributed by atoms with Crippen LogP contribution in [-0.2, 0) is 71.5 Å². The van der Waals surface area contributed by atoms with Crippen molar-refractivity contribution in [1.82, 2.24) is 41.2 Å². The summed E-state index contributed by atoms with van der Waals surface area (Å²) < 4.78 is 96.5. The molecule has 5 N–H and O–H groups in total. The Morgan fingerprint density at radius 3 is 0.667 bits per heavy atom. The van der Waals surface area contributed by atoms with Gasteiger partial charge in [-0.15, -0.1) is 45.3 Å². The fraction of sp³-hybridized carbons (Fsp3) is 0.495. The van der Waals surface area contributed by atoms with Crippen molar-refractivity contribution < 1.29 is 94.2 Å². The number of methoxy groups -OCH3 is 3. The lowest BCUT2D eigenvalue weighted by Gasteiger charge is -3.10. The number of rotatable bonds is 24. The molecule has 4 aliphatic heterocycles. The first-order valence-corrected chi connectivity index (χ1v) is 52.9. The van der Waals surface area contributed by atoms with Crippen molar-refractivity contribution in [2.24, 2.45) is 205 Å². The Bertz CT molecular complexity index is 6780. The molecule has 8 aromatic rings. The first kappa shape index (κ1) is 95.6. The lowest BCUT2D eigenvalue weighted by Crippen LogP contribution is -3.11. The van der Waals surface area contributed by atoms with Gasteiger partial charge < -0.3 is 59.5 Å². The maximum absolute atomic E-state index is 14.7. The van der Waals surface area contributed by atoms with Crippen LogP contribution < -0.4 is 21.3 Å². The van der Waals surface area contributed by atoms with Gasteiger partial charge in [0.2, 0.25) is 0 Å². The van der Waals surface area contributed by atoms with Crippen molar-refractivity contribution in [3.63, 3.8) is 0 Å². The number of hydrogen-bond donors (Lipinski definition) is 5. The zero-order valence-electron chi connectivity index (χ0n) is 78.8. The van der Waals surface area contributed by atoms with Crippen LogP contribution in [-0.4, -0.2) is 144 Å². The molecule has 36 rings (SSSR count). The number of amidine groups is 4. The molecule has 0 bridgehead atoms. The molecule has 8 heterocycles. The molecular formula is C111H110F4N12O16S4. The number of benzene rings is 4. The van der Waals surface area contributed by atoms with E-state index >= 15 is 0 Å². The zero-order chi connectivity index (χ0) is 98.2. The van der Waals surface area contributed by atoms with Gasteiger partial charge in [0.05, 0.1) is 91.7 Å². The first-order chi connectivity index (χ1) is 69.3. The van der Waals surface area contributed by atoms with Crippen LogP contribution in [0.25, 0.3) is 0 Å². The number of ether oxygens (including phenoxy) is 7. The van der Waals surface area contributed by atoms with E-state index in [2.05, 4.69) is 41.2 Å². The van der Waals surface area contributed by atoms with Gasteiger partial charge in [-0.25, -0.2) is 56.7 Å². The number of aliphatic imine (C=N–C) groups is 4. The highest BCUT2D eigenvalue weighted by Crippen LogP contribution is 3.15. The molecule has 24 aliphatic carbocycles. The smallest absolute Gasteiger partial charge is 0.338 e. The number of thiazole rings is 4. The Kier molecular flexibility index (Phi) is 20.3. The average Bonchev–Trinajstić information content (AvgIpc) is 0.917. The molecule has 0 unspecified atom stereocenters. The number of carbonyl (C=O) groups is 8. The van der Waals surface area contributed by atoms with Crippen LogP contribution in [0.3, 0.4) is 0 Å². The minimum Gasteiger partial charge on any atom is -0.481 e. The molecule has 4 aromatic heterocycles. The number of allylic oxidation sites excluding steroid dienone is 4. The van der Waals surface area contributed by atoms with Crippen LogP contribution >= 0.6 is 45.3 Å². The number of carboxylic acid groups (broad SMARTS) is 1. The summed E-state index contributed by atoms with van der Waals surface area (Å²) in [5.41, 5.74) is 7.55. The molecule has 28 nitrogen and oxygen atoms in total. The van der Waals surface area contributed by atoms with E-state index in [1.165, 1.54) is 90.9 Å². The van der Waals surface area contributed by atoms with E-state index in [9.17, 15) is 61.0 Å². The van der Waals surface area contributed by atoms with Crippen LogP contribution in [0.1, 0.15) is 146 Å². The van der Waals surface area contributed by atoms with Gasteiger partial charge >= 0.3 is 47.8 Å². The summed E-state index contributed by atoms with van der Waals surface area (Å²) in [6.45, 7) is 14.9. The van der Waals surface area contributed by atoms with Crippen LogP contribution in [0, 0.1) is 236 Å². The lowest BCUT2D eigenvalue weighted by molar-refractivity contribution is -0.633. The highest BCUT2D eigenvalue weighted by Gasteiger charge is 3.16. The molecule has 28 aliphatic rings. The van der Waals surface area contributed by atoms with Crippen molar-refractivity contribution >= 4 is 116 Å². The molecule has 24 saturated carbocycles. The quantitative estimate of drug-likeness (QED) is 0.0213. The monoisotopic (exact) mass is 2070 g/mol. The van der Waals surface area contributed by atoms with E-state index in [0.29, 0.717) is 202 Å². The molecule has 24 fully saturated rings. The normalized spacial score (nSPS) is 40.4. The molecular weight excluding hydrogens is 1960 g/mol. The van der Waals surface area contributed by atoms with Crippen LogP contribution in [0.5, 0.6) is 0 Å². The third-order valence-electron chi connectivity index (χ3n) is 41.4. The number of hydrogen-bond acceptors (Lipinski definition) is 31. The highest BCUT2D eigenvalue weighted by molar-refractivity contribution is 7.12. The van der Waals surface area contributed by atoms with E-state index in [1.54, 1.807) is 104 Å². The largest absolute Gasteiger partial charge is 0.481 e. The number of nitrogens with one attached hydrogen (secondary N) is 4. The number of esters is 7. The summed E-state index contributed by atoms with van der Waals surface area (Å²) in [6, 6.07) is 16.8. The summed E-state index contributed by atoms with van der Waals surface area (Å²) in [5.74, 6) is 6.06. The van der Waals surface area contributed by atoms with Crippen LogP contribution in [0.2, 0.25) is 0 Å². The van der Waals surface area contributed by atoms with Gasteiger partial charge in [-0.3, -0.25) is 39.1 Å². The molecule has 36 heteroatoms. The van der Waals surface area contributed by atoms with Crippen molar-refractivity contribution in [3.05, 3.63) is 252 Å². The van der Waals surface area contributed by atoms with Gasteiger partial charge in [0, 0.05) is 90.8 Å². The van der Waals surface area contributed by atoms with Gasteiger partial charge in [-0.2, -0.15) is 0 Å². The average molecular weight is 2070 g/mol. The molecule has 762 valence electrons. The van der Waals surface area contributed by atoms with E-state index in [0.717, 1.165) is 37.8 Å². The zero-order valence-corrected chi connectivity index (χ0v) is 82.1. The molecule has 4 atom stereocenters. The summed E-state index contributed by atoms with van der Waals surface area (Å²) in [5, 5.41) is 34.4. The van der Waals surface area contributed by atoms with Crippen molar-refractivity contribution in [1.29, 1.82) is 0 Å². The SMILES string of the molecule is C.C.C.C.CCOC(=O)C1=C(C23C4C5C2C2C3C4C52C(=O)O)NC(c2nccs2)=N[C@H]1c1cccc(F)c1C.CCOC(=O)C1=C(C23C4C5C2C2C3C4C52C(=O)OC)NC(c2nccs2)=N[C@@H]1c1cccc(F)c1C.CCOC(=O)C1=C(C23C4C5C2C2C3C4C52C(=O)OC)NC(c2nccs2)=N[C@H]1c1cccc(F)c1C.CCOC(=O)C1=C(C23C4C5C2C2C3C4C52C(=O)OC)NC(c2nccs2)=N[C@H]1c1cccc(F)c1C. The molecule has 0 amide bonds. The summed E-state index contributed by atoms with van der Waals surface area (Å²) >= 11 is 5.84. The van der Waals surface area contributed by atoms with Crippen molar-refractivity contribution in [2.45, 2.75) is 109 Å². The third-order valence-corrected chi connectivity index (χ3v) is 44.5. The van der Waals surface area contributed by atoms with E-state index in [1.807, 2.05) is 45.8 Å². The minimum absolute atomic E-state index is 0. The topological polar surface area (TPSA) is 371 Å². The number of aliphatic carboxylic acids is 1. The number of halogens is 4. The van der Waals surface area contributed by atoms with E-state index < -0.39 is 59.4 Å². The maximum Gasteiger partial charge on any atom is 0.338 e. The van der Waals surface area contributed by atoms with Crippen molar-refractivity contribution in [2.75, 3.05) is 47.8 Å². The van der Waals surface area contributed by atoms with Gasteiger partial charge in [-0.05, 0) is 266 Å². The summed E-state index contributed by atoms with van der Waals surface area (Å²) in [4.78, 5) is 142. The van der Waals surface area contributed by atoms with Gasteiger partial charge in [0.25, 0.3) is 0 Å². The number of carboxylic acids is 1. The van der Waals surface area contributed by atoms with E-state index in [4.69, 9.17) is 53.1 Å². The fourth-order valence-corrected chi connectivity index (χ4v) is 40.3. The highest BCUT2D eigenvalue weighted by atomic mass is 32.1. The molecule has 147 heavy (non-hydrogen) atoms. The van der Waals surface area contributed by atoms with E-state index in [-0.39, 0.29) is 171 Å². The van der Waals surface area contributed by atoms with Crippen molar-refractivity contribution in [3.8, 4) is 0 Å². The maximum atomic E-state index is 14.7. The Morgan fingerprint density at radius 1 is 0.313 bits per heavy atom. The van der Waals surface area contributed by atoms with Gasteiger partial charge in [0.15, 0.2) is 43.4 Å². The Hall–Kier alpha value is -12.3. The number of carbonyl (C=O) groups excluding carboxylic acids is 7. The number of aromatic nitrogens is 4. The molecule has 4 aromatic carbocycles. The molecule has 0 radical (unpaired) electrons. The molecule has 0 spiro atoms. The second kappa shape index (κ2) is 31.2. The predicted octanol–water partition coefficient (Wildman–Crippen LogP) is 16.1. The van der Waals surface area contributed by atoms with Gasteiger partial charge in [0.1, 0.15) is 47.4 Å². The second-order valence-corrected chi connectivity index (χ2v) is 46.7. The standard InChI is InChI=1S/3C27H24FN3O4S.C26H22FN3O4S.4CH4/c3*1-4-35-24(32)13-20(11-6-5-7-12(28)10(11)2)30-22(23-29-8-9-36-23)31-21(13)26-14-17-15(26)19-16(26)18(14)27(17,19)25(33)34-3;1-3-34-23(31)12-19(10-5-4-6-11(27)9(10)2)29-21(22-28-7-8-35-22)30-20(12)25-13-16-14(25)18-15(25)17(13)26(16,18)24(32)33;;;;/h3*5-9,14-20H,4H2,1-3H3,(H,30,31);4-8,13-19H,3H2,1-2H3,(H,29,30)(H,32,33);4*1H4/t3*14?,15?,16?,17?,18?,19?,20-,26?,27?;13?,14?,15?,16?,17?,18?,19-,25?,26?;;;;/m1000..../s1. The minimum atomic E-state index is -0.728. The Balaban J connectivity index is 0.000000101. The fourth-order valence-electron chi connectivity index (χ4n) is 37.9. The molecule has 0 saturated heterocycles. The summed E-state index contributed by atoms with van der Waals surface area (Å²) in [7, 11) is 4.44. The lowest BCUT2D eigenvalue weighted by atomic mass is 8.92. The summed E-state index contributed by atoms with van der Waals surface area (Å²) in [6.07, 6.45) is 6.88. The van der Waals surface area contributed by atoms with Gasteiger partial charge in [-0.1, -0.05) is 78.2 Å². The van der Waals surface area contributed by atoms with Crippen LogP contribution in [0.15, 0.2) is 184 Å². The number of nitrogens with zero attached hydrogens (tertiary/aromatic N) is 8. The first-order valence-electron chi connectivity index (χ1n) is 49.4. The predicted molar refractivity (Wildman–Crippen MR) is 531 cm³/mol. The Labute approximate surface area is 860 Å². The third kappa shape index (κ3) is 9.67. The Morgan fingerprint density at radius 2 is 0.503 bits per heavy atom. The second-order valence-electron chi connectivity index (χ2n) is 43.1.